The minimum absolute atomic E-state index is 0.0168. The Morgan fingerprint density at radius 3 is 2.55 bits per heavy atom. The molecule has 6 nitrogen and oxygen atoms in total. The van der Waals surface area contributed by atoms with Gasteiger partial charge in [-0.15, -0.1) is 0 Å². The van der Waals surface area contributed by atoms with Gasteiger partial charge < -0.3 is 10.6 Å². The van der Waals surface area contributed by atoms with Crippen LogP contribution in [0.1, 0.15) is 31.1 Å². The molecule has 0 saturated heterocycles. The highest BCUT2D eigenvalue weighted by molar-refractivity contribution is 6.34. The predicted octanol–water partition coefficient (Wildman–Crippen LogP) is 2.95. The van der Waals surface area contributed by atoms with Gasteiger partial charge in [-0.1, -0.05) is 25.4 Å². The molecule has 0 heterocycles. The molecule has 0 fully saturated rings. The van der Waals surface area contributed by atoms with Crippen LogP contribution < -0.4 is 5.73 Å². The molecule has 0 saturated carbocycles. The van der Waals surface area contributed by atoms with Crippen molar-refractivity contribution >= 4 is 28.9 Å². The lowest BCUT2D eigenvalue weighted by atomic mass is 10.1. The molecule has 1 aromatic rings. The summed E-state index contributed by atoms with van der Waals surface area (Å²) in [6.45, 7) is 6.94. The summed E-state index contributed by atoms with van der Waals surface area (Å²) in [6.07, 6.45) is 0. The van der Waals surface area contributed by atoms with E-state index >= 15 is 0 Å². The molecule has 7 heteroatoms. The smallest absolute Gasteiger partial charge is 0.294 e. The van der Waals surface area contributed by atoms with E-state index in [1.54, 1.807) is 4.90 Å². The number of benzene rings is 1. The van der Waals surface area contributed by atoms with Gasteiger partial charge in [-0.3, -0.25) is 14.9 Å². The van der Waals surface area contributed by atoms with Crippen molar-refractivity contribution in [3.05, 3.63) is 32.8 Å². The van der Waals surface area contributed by atoms with Crippen molar-refractivity contribution in [1.29, 1.82) is 0 Å². The van der Waals surface area contributed by atoms with E-state index in [2.05, 4.69) is 0 Å². The first-order valence-electron chi connectivity index (χ1n) is 6.30. The Kier molecular flexibility index (Phi) is 5.33. The van der Waals surface area contributed by atoms with Crippen molar-refractivity contribution in [2.45, 2.75) is 20.8 Å². The fourth-order valence-corrected chi connectivity index (χ4v) is 2.07. The van der Waals surface area contributed by atoms with Crippen molar-refractivity contribution in [2.75, 3.05) is 18.8 Å². The lowest BCUT2D eigenvalue weighted by Gasteiger charge is -2.23. The van der Waals surface area contributed by atoms with Crippen LogP contribution >= 0.6 is 11.6 Å². The molecule has 0 bridgehead atoms. The Hall–Kier alpha value is -1.82. The average molecular weight is 300 g/mol. The number of nitro groups is 1. The maximum Gasteiger partial charge on any atom is 0.294 e. The van der Waals surface area contributed by atoms with E-state index in [4.69, 9.17) is 17.3 Å². The largest absolute Gasteiger partial charge is 0.392 e. The number of rotatable bonds is 5. The van der Waals surface area contributed by atoms with Crippen molar-refractivity contribution < 1.29 is 9.72 Å². The molecule has 110 valence electrons. The molecule has 20 heavy (non-hydrogen) atoms. The molecule has 0 unspecified atom stereocenters. The second kappa shape index (κ2) is 6.56. The minimum atomic E-state index is -0.642. The van der Waals surface area contributed by atoms with Crippen LogP contribution in [0.4, 0.5) is 11.4 Å². The first kappa shape index (κ1) is 16.2. The number of hydrogen-bond donors (Lipinski definition) is 1. The van der Waals surface area contributed by atoms with Gasteiger partial charge in [0.25, 0.3) is 11.6 Å². The Balaban J connectivity index is 3.19. The van der Waals surface area contributed by atoms with Crippen LogP contribution in [0.3, 0.4) is 0 Å². The van der Waals surface area contributed by atoms with Crippen LogP contribution in [0.2, 0.25) is 5.02 Å². The van der Waals surface area contributed by atoms with Crippen LogP contribution in [0, 0.1) is 16.0 Å². The van der Waals surface area contributed by atoms with Crippen LogP contribution in [0.5, 0.6) is 0 Å². The molecule has 1 rings (SSSR count). The summed E-state index contributed by atoms with van der Waals surface area (Å²) in [5, 5.41) is 10.9. The SMILES string of the molecule is CCN(CC(C)C)C(=O)c1cc(Cl)c(N)c([N+](=O)[O-])c1. The number of carbonyl (C=O) groups is 1. The third-order valence-electron chi connectivity index (χ3n) is 2.81. The zero-order valence-corrected chi connectivity index (χ0v) is 12.5. The molecule has 2 N–H and O–H groups in total. The highest BCUT2D eigenvalue weighted by Gasteiger charge is 2.22. The van der Waals surface area contributed by atoms with E-state index in [1.807, 2.05) is 20.8 Å². The quantitative estimate of drug-likeness (QED) is 0.514. The molecule has 0 aliphatic carbocycles. The van der Waals surface area contributed by atoms with E-state index in [9.17, 15) is 14.9 Å². The minimum Gasteiger partial charge on any atom is -0.392 e. The summed E-state index contributed by atoms with van der Waals surface area (Å²) in [7, 11) is 0. The van der Waals surface area contributed by atoms with Gasteiger partial charge in [-0.2, -0.15) is 0 Å². The Bertz CT molecular complexity index is 532. The van der Waals surface area contributed by atoms with Crippen LogP contribution in [-0.2, 0) is 0 Å². The second-order valence-electron chi connectivity index (χ2n) is 4.89. The molecular formula is C13H18ClN3O3. The molecule has 0 aromatic heterocycles. The number of halogens is 1. The molecule has 0 spiro atoms. The maximum atomic E-state index is 12.4. The highest BCUT2D eigenvalue weighted by Crippen LogP contribution is 2.31. The van der Waals surface area contributed by atoms with Crippen molar-refractivity contribution in [3.63, 3.8) is 0 Å². The third kappa shape index (κ3) is 3.60. The number of nitrogen functional groups attached to an aromatic ring is 1. The van der Waals surface area contributed by atoms with Crippen LogP contribution in [0.15, 0.2) is 12.1 Å². The standard InChI is InChI=1S/C13H18ClN3O3/c1-4-16(7-8(2)3)13(18)9-5-10(14)12(15)11(6-9)17(19)20/h5-6,8H,4,7,15H2,1-3H3. The fourth-order valence-electron chi connectivity index (χ4n) is 1.86. The lowest BCUT2D eigenvalue weighted by molar-refractivity contribution is -0.383. The summed E-state index contributed by atoms with van der Waals surface area (Å²) in [5.74, 6) is 0.0179. The Morgan fingerprint density at radius 2 is 2.10 bits per heavy atom. The van der Waals surface area contributed by atoms with Gasteiger partial charge in [0.15, 0.2) is 0 Å². The van der Waals surface area contributed by atoms with Crippen LogP contribution in [-0.4, -0.2) is 28.8 Å². The summed E-state index contributed by atoms with van der Waals surface area (Å²) in [6, 6.07) is 2.54. The number of hydrogen-bond acceptors (Lipinski definition) is 4. The molecule has 0 aliphatic rings. The first-order valence-corrected chi connectivity index (χ1v) is 6.68. The summed E-state index contributed by atoms with van der Waals surface area (Å²) < 4.78 is 0. The van der Waals surface area contributed by atoms with Crippen molar-refractivity contribution in [1.82, 2.24) is 4.90 Å². The predicted molar refractivity (Wildman–Crippen MR) is 78.9 cm³/mol. The number of nitrogens with two attached hydrogens (primary N) is 1. The Morgan fingerprint density at radius 1 is 1.50 bits per heavy atom. The van der Waals surface area contributed by atoms with Gasteiger partial charge in [0.2, 0.25) is 0 Å². The highest BCUT2D eigenvalue weighted by atomic mass is 35.5. The topological polar surface area (TPSA) is 89.5 Å². The zero-order valence-electron chi connectivity index (χ0n) is 11.7. The molecule has 0 aliphatic heterocycles. The van der Waals surface area contributed by atoms with E-state index < -0.39 is 4.92 Å². The fraction of sp³-hybridized carbons (Fsp3) is 0.462. The first-order chi connectivity index (χ1) is 9.27. The van der Waals surface area contributed by atoms with E-state index in [0.717, 1.165) is 0 Å². The van der Waals surface area contributed by atoms with Gasteiger partial charge in [0.05, 0.1) is 9.95 Å². The second-order valence-corrected chi connectivity index (χ2v) is 5.29. The summed E-state index contributed by atoms with van der Waals surface area (Å²) in [4.78, 5) is 24.2. The monoisotopic (exact) mass is 299 g/mol. The van der Waals surface area contributed by atoms with Gasteiger partial charge in [-0.05, 0) is 18.9 Å². The summed E-state index contributed by atoms with van der Waals surface area (Å²) in [5.41, 5.74) is 5.25. The zero-order chi connectivity index (χ0) is 15.4. The van der Waals surface area contributed by atoms with Gasteiger partial charge in [0.1, 0.15) is 5.69 Å². The summed E-state index contributed by atoms with van der Waals surface area (Å²) >= 11 is 5.86. The number of nitrogens with zero attached hydrogens (tertiary/aromatic N) is 2. The molecular weight excluding hydrogens is 282 g/mol. The number of anilines is 1. The molecule has 0 atom stereocenters. The molecule has 1 amide bonds. The maximum absolute atomic E-state index is 12.4. The lowest BCUT2D eigenvalue weighted by Crippen LogP contribution is -2.34. The van der Waals surface area contributed by atoms with Crippen molar-refractivity contribution in [3.8, 4) is 0 Å². The third-order valence-corrected chi connectivity index (χ3v) is 3.12. The normalized spacial score (nSPS) is 10.7. The molecule has 1 aromatic carbocycles. The number of amides is 1. The van der Waals surface area contributed by atoms with E-state index in [-0.39, 0.29) is 27.9 Å². The van der Waals surface area contributed by atoms with Gasteiger partial charge >= 0.3 is 0 Å². The molecule has 0 radical (unpaired) electrons. The van der Waals surface area contributed by atoms with Gasteiger partial charge in [0, 0.05) is 24.7 Å². The number of nitro benzene ring substituents is 1. The van der Waals surface area contributed by atoms with Crippen molar-refractivity contribution in [2.24, 2.45) is 5.92 Å². The van der Waals surface area contributed by atoms with E-state index in [1.165, 1.54) is 12.1 Å². The van der Waals surface area contributed by atoms with Crippen LogP contribution in [0.25, 0.3) is 0 Å². The average Bonchev–Trinajstić information content (AvgIpc) is 2.37. The van der Waals surface area contributed by atoms with E-state index in [0.29, 0.717) is 19.0 Å². The van der Waals surface area contributed by atoms with Gasteiger partial charge in [-0.25, -0.2) is 0 Å². The number of carbonyl (C=O) groups excluding carboxylic acids is 1. The Labute approximate surface area is 122 Å².